The quantitative estimate of drug-likeness (QED) is 0.379. The number of nitrogens with zero attached hydrogens (tertiary/aromatic N) is 1. The van der Waals surface area contributed by atoms with Gasteiger partial charge in [-0.05, 0) is 54.1 Å². The molecule has 7 nitrogen and oxygen atoms in total. The average molecular weight is 493 g/mol. The number of ether oxygens (including phenoxy) is 1. The zero-order valence-corrected chi connectivity index (χ0v) is 18.2. The maximum absolute atomic E-state index is 12.9. The number of carbonyl (C=O) groups excluding carboxylic acids is 2. The Morgan fingerprint density at radius 3 is 2.44 bits per heavy atom. The fourth-order valence-electron chi connectivity index (χ4n) is 3.17. The first-order chi connectivity index (χ1) is 15.4. The van der Waals surface area contributed by atoms with E-state index < -0.39 is 17.9 Å². The smallest absolute Gasteiger partial charge is 0.335 e. The van der Waals surface area contributed by atoms with E-state index in [2.05, 4.69) is 21.2 Å². The second kappa shape index (κ2) is 9.07. The van der Waals surface area contributed by atoms with Gasteiger partial charge in [-0.15, -0.1) is 0 Å². The topological polar surface area (TPSA) is 95.9 Å². The molecule has 1 aliphatic heterocycles. The molecule has 32 heavy (non-hydrogen) atoms. The Morgan fingerprint density at radius 1 is 1.03 bits per heavy atom. The molecule has 0 radical (unpaired) electrons. The normalized spacial score (nSPS) is 14.5. The zero-order valence-electron chi connectivity index (χ0n) is 16.6. The van der Waals surface area contributed by atoms with Gasteiger partial charge in [0.05, 0.1) is 11.3 Å². The molecule has 0 aromatic heterocycles. The van der Waals surface area contributed by atoms with Gasteiger partial charge < -0.3 is 15.2 Å². The lowest BCUT2D eigenvalue weighted by molar-refractivity contribution is -0.113. The molecule has 3 amide bonds. The number of nitrogens with one attached hydrogen (secondary N) is 1. The Bertz CT molecular complexity index is 1220. The van der Waals surface area contributed by atoms with E-state index in [-0.39, 0.29) is 17.9 Å². The van der Waals surface area contributed by atoms with E-state index in [1.807, 2.05) is 0 Å². The molecular weight excluding hydrogens is 476 g/mol. The summed E-state index contributed by atoms with van der Waals surface area (Å²) in [6.45, 7) is 0.203. The minimum absolute atomic E-state index is 0.132. The highest BCUT2D eigenvalue weighted by Gasteiger charge is 2.34. The number of halogens is 1. The largest absolute Gasteiger partial charge is 0.488 e. The second-order valence-corrected chi connectivity index (χ2v) is 7.85. The van der Waals surface area contributed by atoms with Crippen LogP contribution in [-0.2, 0) is 11.4 Å². The Kier molecular flexibility index (Phi) is 6.04. The van der Waals surface area contributed by atoms with Crippen LogP contribution in [-0.4, -0.2) is 23.0 Å². The number of carboxylic acid groups (broad SMARTS) is 1. The number of amides is 3. The summed E-state index contributed by atoms with van der Waals surface area (Å²) in [6.07, 6.45) is 1.57. The number of imide groups is 1. The number of carboxylic acids is 1. The minimum atomic E-state index is -0.993. The Balaban J connectivity index is 1.57. The second-order valence-electron chi connectivity index (χ2n) is 6.94. The van der Waals surface area contributed by atoms with Crippen molar-refractivity contribution in [1.29, 1.82) is 0 Å². The molecule has 1 aliphatic rings. The standard InChI is InChI=1S/C24H17BrN2O5/c25-18-10-11-21(32-14-15-6-8-16(9-7-15)23(29)30)17(12-18)13-20-22(28)27(24(31)26-20)19-4-2-1-3-5-19/h1-13H,14H2,(H,26,31)(H,29,30)/b20-13+. The summed E-state index contributed by atoms with van der Waals surface area (Å²) in [6, 6.07) is 19.9. The first kappa shape index (κ1) is 21.3. The van der Waals surface area contributed by atoms with E-state index in [4.69, 9.17) is 9.84 Å². The molecular formula is C24H17BrN2O5. The van der Waals surface area contributed by atoms with E-state index in [1.165, 1.54) is 12.1 Å². The Morgan fingerprint density at radius 2 is 1.75 bits per heavy atom. The molecule has 3 aromatic rings. The molecule has 3 aromatic carbocycles. The van der Waals surface area contributed by atoms with Crippen molar-refractivity contribution in [2.75, 3.05) is 4.90 Å². The Hall–Kier alpha value is -3.91. The van der Waals surface area contributed by atoms with Crippen LogP contribution in [0.25, 0.3) is 6.08 Å². The van der Waals surface area contributed by atoms with Crippen molar-refractivity contribution in [3.8, 4) is 5.75 Å². The van der Waals surface area contributed by atoms with Gasteiger partial charge in [0.15, 0.2) is 0 Å². The summed E-state index contributed by atoms with van der Waals surface area (Å²) < 4.78 is 6.69. The third-order valence-corrected chi connectivity index (χ3v) is 5.25. The summed E-state index contributed by atoms with van der Waals surface area (Å²) in [7, 11) is 0. The molecule has 0 bridgehead atoms. The highest BCUT2D eigenvalue weighted by Crippen LogP contribution is 2.28. The van der Waals surface area contributed by atoms with Gasteiger partial charge in [0.25, 0.3) is 5.91 Å². The molecule has 2 N–H and O–H groups in total. The molecule has 1 saturated heterocycles. The maximum atomic E-state index is 12.9. The average Bonchev–Trinajstić information content (AvgIpc) is 3.06. The fraction of sp³-hybridized carbons (Fsp3) is 0.0417. The van der Waals surface area contributed by atoms with Crippen LogP contribution in [0.5, 0.6) is 5.75 Å². The van der Waals surface area contributed by atoms with E-state index in [0.29, 0.717) is 17.0 Å². The third-order valence-electron chi connectivity index (χ3n) is 4.76. The number of anilines is 1. The van der Waals surface area contributed by atoms with Crippen LogP contribution in [0, 0.1) is 0 Å². The Labute approximate surface area is 192 Å². The van der Waals surface area contributed by atoms with Crippen molar-refractivity contribution in [2.24, 2.45) is 0 Å². The van der Waals surface area contributed by atoms with Gasteiger partial charge in [0, 0.05) is 10.0 Å². The number of rotatable bonds is 6. The first-order valence-electron chi connectivity index (χ1n) is 9.59. The van der Waals surface area contributed by atoms with Gasteiger partial charge in [0.1, 0.15) is 18.1 Å². The highest BCUT2D eigenvalue weighted by atomic mass is 79.9. The van der Waals surface area contributed by atoms with E-state index in [9.17, 15) is 14.4 Å². The summed E-state index contributed by atoms with van der Waals surface area (Å²) >= 11 is 3.42. The van der Waals surface area contributed by atoms with Gasteiger partial charge in [-0.3, -0.25) is 4.79 Å². The zero-order chi connectivity index (χ0) is 22.7. The number of urea groups is 1. The summed E-state index contributed by atoms with van der Waals surface area (Å²) in [4.78, 5) is 37.3. The van der Waals surface area contributed by atoms with E-state index in [0.717, 1.165) is 14.9 Å². The third kappa shape index (κ3) is 4.55. The van der Waals surface area contributed by atoms with Gasteiger partial charge in [0.2, 0.25) is 0 Å². The van der Waals surface area contributed by atoms with Crippen molar-refractivity contribution in [2.45, 2.75) is 6.61 Å². The maximum Gasteiger partial charge on any atom is 0.335 e. The lowest BCUT2D eigenvalue weighted by atomic mass is 10.1. The molecule has 160 valence electrons. The van der Waals surface area contributed by atoms with Crippen molar-refractivity contribution >= 4 is 45.6 Å². The van der Waals surface area contributed by atoms with Crippen molar-refractivity contribution in [3.63, 3.8) is 0 Å². The summed E-state index contributed by atoms with van der Waals surface area (Å²) in [5.74, 6) is -0.952. The van der Waals surface area contributed by atoms with Crippen LogP contribution in [0.4, 0.5) is 10.5 Å². The number of aromatic carboxylic acids is 1. The van der Waals surface area contributed by atoms with Gasteiger partial charge in [-0.1, -0.05) is 46.3 Å². The molecule has 0 atom stereocenters. The number of para-hydroxylation sites is 1. The molecule has 4 rings (SSSR count). The molecule has 0 unspecified atom stereocenters. The van der Waals surface area contributed by atoms with Gasteiger partial charge in [-0.25, -0.2) is 14.5 Å². The number of benzene rings is 3. The predicted octanol–water partition coefficient (Wildman–Crippen LogP) is 4.82. The van der Waals surface area contributed by atoms with Crippen molar-refractivity contribution in [3.05, 3.63) is 99.7 Å². The van der Waals surface area contributed by atoms with Crippen LogP contribution < -0.4 is 15.0 Å². The van der Waals surface area contributed by atoms with Crippen LogP contribution >= 0.6 is 15.9 Å². The molecule has 0 aliphatic carbocycles. The molecule has 0 saturated carbocycles. The van der Waals surface area contributed by atoms with Crippen molar-refractivity contribution in [1.82, 2.24) is 5.32 Å². The SMILES string of the molecule is O=C(O)c1ccc(COc2ccc(Br)cc2/C=C2/NC(=O)N(c3ccccc3)C2=O)cc1. The highest BCUT2D eigenvalue weighted by molar-refractivity contribution is 9.10. The number of hydrogen-bond acceptors (Lipinski definition) is 4. The predicted molar refractivity (Wildman–Crippen MR) is 122 cm³/mol. The lowest BCUT2D eigenvalue weighted by Gasteiger charge is -2.11. The fourth-order valence-corrected chi connectivity index (χ4v) is 3.55. The molecule has 0 spiro atoms. The monoisotopic (exact) mass is 492 g/mol. The van der Waals surface area contributed by atoms with Gasteiger partial charge >= 0.3 is 12.0 Å². The van der Waals surface area contributed by atoms with Gasteiger partial charge in [-0.2, -0.15) is 0 Å². The molecule has 1 heterocycles. The van der Waals surface area contributed by atoms with Crippen LogP contribution in [0.3, 0.4) is 0 Å². The van der Waals surface area contributed by atoms with Crippen LogP contribution in [0.1, 0.15) is 21.5 Å². The van der Waals surface area contributed by atoms with E-state index in [1.54, 1.807) is 66.7 Å². The minimum Gasteiger partial charge on any atom is -0.488 e. The van der Waals surface area contributed by atoms with Crippen LogP contribution in [0.15, 0.2) is 83.0 Å². The molecule has 8 heteroatoms. The lowest BCUT2D eigenvalue weighted by Crippen LogP contribution is -2.30. The van der Waals surface area contributed by atoms with Crippen LogP contribution in [0.2, 0.25) is 0 Å². The first-order valence-corrected chi connectivity index (χ1v) is 10.4. The summed E-state index contributed by atoms with van der Waals surface area (Å²) in [5.41, 5.74) is 2.19. The number of hydrogen-bond donors (Lipinski definition) is 2. The number of carbonyl (C=O) groups is 3. The van der Waals surface area contributed by atoms with Crippen molar-refractivity contribution < 1.29 is 24.2 Å². The van der Waals surface area contributed by atoms with E-state index >= 15 is 0 Å². The summed E-state index contributed by atoms with van der Waals surface area (Å²) in [5, 5.41) is 11.6. The molecule has 1 fully saturated rings.